The van der Waals surface area contributed by atoms with Gasteiger partial charge in [-0.3, -0.25) is 0 Å². The van der Waals surface area contributed by atoms with Gasteiger partial charge in [0.05, 0.1) is 12.0 Å². The molecule has 0 heterocycles. The number of benzene rings is 1. The van der Waals surface area contributed by atoms with Gasteiger partial charge in [-0.1, -0.05) is 0 Å². The number of ether oxygens (including phenoxy) is 1. The fourth-order valence-corrected chi connectivity index (χ4v) is 1.60. The third kappa shape index (κ3) is 3.25. The molecule has 74 valence electrons. The summed E-state index contributed by atoms with van der Waals surface area (Å²) in [5.41, 5.74) is 0. The van der Waals surface area contributed by atoms with Crippen LogP contribution in [0.4, 0.5) is 0 Å². The van der Waals surface area contributed by atoms with Crippen molar-refractivity contribution < 1.29 is 44.1 Å². The molecule has 0 aromatic heterocycles. The zero-order valence-corrected chi connectivity index (χ0v) is 11.3. The van der Waals surface area contributed by atoms with Gasteiger partial charge in [0.2, 0.25) is 10.0 Å². The van der Waals surface area contributed by atoms with Crippen molar-refractivity contribution in [2.45, 2.75) is 4.90 Å². The van der Waals surface area contributed by atoms with E-state index in [9.17, 15) is 8.42 Å². The molecule has 0 unspecified atom stereocenters. The second kappa shape index (κ2) is 5.72. The molecule has 0 bridgehead atoms. The summed E-state index contributed by atoms with van der Waals surface area (Å²) >= 11 is 0. The van der Waals surface area contributed by atoms with Crippen molar-refractivity contribution in [1.82, 2.24) is 4.72 Å². The van der Waals surface area contributed by atoms with Crippen LogP contribution < -0.4 is 39.0 Å². The van der Waals surface area contributed by atoms with Crippen LogP contribution in [0.25, 0.3) is 0 Å². The van der Waals surface area contributed by atoms with Crippen molar-refractivity contribution in [2.75, 3.05) is 14.2 Å². The van der Waals surface area contributed by atoms with Gasteiger partial charge in [-0.25, -0.2) is 13.1 Å². The van der Waals surface area contributed by atoms with E-state index in [4.69, 9.17) is 4.74 Å². The fraction of sp³-hybridized carbons (Fsp3) is 0.250. The minimum atomic E-state index is -3.33. The number of nitrogens with one attached hydrogen (secondary N) is 1. The molecule has 6 heteroatoms. The predicted molar refractivity (Wildman–Crippen MR) is 50.4 cm³/mol. The van der Waals surface area contributed by atoms with Crippen molar-refractivity contribution >= 4 is 10.0 Å². The first kappa shape index (κ1) is 13.9. The van der Waals surface area contributed by atoms with Crippen molar-refractivity contribution in [1.29, 1.82) is 0 Å². The number of sulfonamides is 1. The first-order valence-electron chi connectivity index (χ1n) is 3.68. The van der Waals surface area contributed by atoms with Crippen molar-refractivity contribution in [3.05, 3.63) is 24.3 Å². The molecule has 1 N–H and O–H groups in total. The average Bonchev–Trinajstić information content (AvgIpc) is 2.18. The summed E-state index contributed by atoms with van der Waals surface area (Å²) in [5.74, 6) is 0.634. The third-order valence-electron chi connectivity index (χ3n) is 1.64. The van der Waals surface area contributed by atoms with Crippen LogP contribution in [0.2, 0.25) is 0 Å². The van der Waals surface area contributed by atoms with Crippen LogP contribution in [0, 0.1) is 0 Å². The van der Waals surface area contributed by atoms with Gasteiger partial charge in [-0.05, 0) is 31.3 Å². The summed E-state index contributed by atoms with van der Waals surface area (Å²) in [6.07, 6.45) is 0. The molecule has 0 aliphatic carbocycles. The number of hydrogen-bond acceptors (Lipinski definition) is 3. The van der Waals surface area contributed by atoms with Gasteiger partial charge >= 0.3 is 29.6 Å². The van der Waals surface area contributed by atoms with Crippen molar-refractivity contribution in [2.24, 2.45) is 0 Å². The van der Waals surface area contributed by atoms with E-state index in [2.05, 4.69) is 4.72 Å². The average molecular weight is 225 g/mol. The second-order valence-corrected chi connectivity index (χ2v) is 4.27. The standard InChI is InChI=1S/C8H11NO3S.Na.H/c1-9-13(10,11)8-5-3-7(12-2)4-6-8;;/h3-6,9H,1-2H3;;/q;+1;-1. The summed E-state index contributed by atoms with van der Waals surface area (Å²) in [5, 5.41) is 0. The summed E-state index contributed by atoms with van der Waals surface area (Å²) in [6.45, 7) is 0. The van der Waals surface area contributed by atoms with Gasteiger partial charge in [0.15, 0.2) is 0 Å². The van der Waals surface area contributed by atoms with Crippen LogP contribution in [-0.2, 0) is 10.0 Å². The topological polar surface area (TPSA) is 55.4 Å². The fourth-order valence-electron chi connectivity index (χ4n) is 0.873. The molecular formula is C8H12NNaO3S. The Balaban J connectivity index is 0. The minimum Gasteiger partial charge on any atom is -1.00 e. The van der Waals surface area contributed by atoms with E-state index in [1.165, 1.54) is 26.3 Å². The monoisotopic (exact) mass is 225 g/mol. The Hall–Kier alpha value is -0.0700. The Bertz CT molecular complexity index is 379. The maximum Gasteiger partial charge on any atom is 1.00 e. The van der Waals surface area contributed by atoms with Crippen LogP contribution in [-0.4, -0.2) is 22.6 Å². The molecule has 0 atom stereocenters. The van der Waals surface area contributed by atoms with Gasteiger partial charge in [0.25, 0.3) is 0 Å². The Labute approximate surface area is 107 Å². The first-order valence-corrected chi connectivity index (χ1v) is 5.16. The van der Waals surface area contributed by atoms with E-state index in [0.29, 0.717) is 5.75 Å². The van der Waals surface area contributed by atoms with Gasteiger partial charge in [-0.15, -0.1) is 0 Å². The quantitative estimate of drug-likeness (QED) is 0.590. The summed E-state index contributed by atoms with van der Waals surface area (Å²) in [7, 11) is -0.425. The molecule has 0 fully saturated rings. The Morgan fingerprint density at radius 3 is 2.14 bits per heavy atom. The smallest absolute Gasteiger partial charge is 1.00 e. The molecule has 0 radical (unpaired) electrons. The molecule has 0 saturated carbocycles. The zero-order chi connectivity index (χ0) is 9.90. The normalized spacial score (nSPS) is 10.4. The maximum absolute atomic E-state index is 11.2. The van der Waals surface area contributed by atoms with E-state index >= 15 is 0 Å². The molecule has 1 aromatic carbocycles. The number of methoxy groups -OCH3 is 1. The van der Waals surface area contributed by atoms with E-state index in [1.54, 1.807) is 12.1 Å². The Kier molecular flexibility index (Phi) is 5.70. The van der Waals surface area contributed by atoms with Crippen LogP contribution in [0.15, 0.2) is 29.2 Å². The third-order valence-corrected chi connectivity index (χ3v) is 3.07. The summed E-state index contributed by atoms with van der Waals surface area (Å²) in [6, 6.07) is 6.18. The molecule has 0 aliphatic heterocycles. The van der Waals surface area contributed by atoms with Crippen LogP contribution in [0.3, 0.4) is 0 Å². The molecule has 0 amide bonds. The summed E-state index contributed by atoms with van der Waals surface area (Å²) < 4.78 is 29.6. The molecule has 0 aliphatic rings. The molecule has 4 nitrogen and oxygen atoms in total. The number of rotatable bonds is 3. The molecule has 0 spiro atoms. The first-order chi connectivity index (χ1) is 6.10. The molecule has 0 saturated heterocycles. The van der Waals surface area contributed by atoms with E-state index in [0.717, 1.165) is 0 Å². The van der Waals surface area contributed by atoms with Gasteiger partial charge in [0, 0.05) is 0 Å². The van der Waals surface area contributed by atoms with Crippen molar-refractivity contribution in [3.63, 3.8) is 0 Å². The van der Waals surface area contributed by atoms with Gasteiger partial charge in [-0.2, -0.15) is 0 Å². The Morgan fingerprint density at radius 1 is 1.29 bits per heavy atom. The van der Waals surface area contributed by atoms with E-state index < -0.39 is 10.0 Å². The number of hydrogen-bond donors (Lipinski definition) is 1. The van der Waals surface area contributed by atoms with Gasteiger partial charge < -0.3 is 6.16 Å². The molecule has 1 rings (SSSR count). The van der Waals surface area contributed by atoms with Crippen LogP contribution >= 0.6 is 0 Å². The summed E-state index contributed by atoms with van der Waals surface area (Å²) in [4.78, 5) is 0.232. The van der Waals surface area contributed by atoms with Gasteiger partial charge in [0.1, 0.15) is 5.75 Å². The zero-order valence-electron chi connectivity index (χ0n) is 9.44. The molecule has 1 aromatic rings. The molecule has 14 heavy (non-hydrogen) atoms. The van der Waals surface area contributed by atoms with Crippen molar-refractivity contribution in [3.8, 4) is 5.75 Å². The van der Waals surface area contributed by atoms with Crippen LogP contribution in [0.1, 0.15) is 1.43 Å². The largest absolute Gasteiger partial charge is 1.00 e. The Morgan fingerprint density at radius 2 is 1.79 bits per heavy atom. The second-order valence-electron chi connectivity index (χ2n) is 2.38. The van der Waals surface area contributed by atoms with E-state index in [-0.39, 0.29) is 35.9 Å². The maximum atomic E-state index is 11.2. The van der Waals surface area contributed by atoms with E-state index in [1.807, 2.05) is 0 Å². The molecular weight excluding hydrogens is 213 g/mol. The SMILES string of the molecule is CNS(=O)(=O)c1ccc(OC)cc1.[H-].[Na+]. The van der Waals surface area contributed by atoms with Crippen LogP contribution in [0.5, 0.6) is 5.75 Å². The minimum absolute atomic E-state index is 0. The predicted octanol–water partition coefficient (Wildman–Crippen LogP) is -2.28.